The molecule has 0 aromatic heterocycles. The molecule has 6 nitrogen and oxygen atoms in total. The predicted molar refractivity (Wildman–Crippen MR) is 128 cm³/mol. The molecular formula is C26H36N3O3. The predicted octanol–water partition coefficient (Wildman–Crippen LogP) is 4.08. The molecule has 2 aromatic carbocycles. The largest absolute Gasteiger partial charge is 0.483 e. The van der Waals surface area contributed by atoms with Gasteiger partial charge in [-0.15, -0.1) is 0 Å². The molecule has 173 valence electrons. The van der Waals surface area contributed by atoms with E-state index in [2.05, 4.69) is 10.6 Å². The van der Waals surface area contributed by atoms with E-state index in [-0.39, 0.29) is 18.4 Å². The molecule has 0 saturated heterocycles. The highest BCUT2D eigenvalue weighted by Gasteiger charge is 2.21. The minimum absolute atomic E-state index is 0.138. The number of unbranched alkanes of at least 4 members (excludes halogenated alkanes) is 1. The van der Waals surface area contributed by atoms with Gasteiger partial charge in [0.15, 0.2) is 6.61 Å². The van der Waals surface area contributed by atoms with Crippen LogP contribution in [0.2, 0.25) is 0 Å². The molecule has 1 aliphatic carbocycles. The van der Waals surface area contributed by atoms with Gasteiger partial charge in [-0.25, -0.2) is 0 Å². The zero-order valence-corrected chi connectivity index (χ0v) is 18.9. The fourth-order valence-corrected chi connectivity index (χ4v) is 4.31. The number of benzene rings is 2. The minimum Gasteiger partial charge on any atom is -0.483 e. The fraction of sp³-hybridized carbons (Fsp3) is 0.500. The van der Waals surface area contributed by atoms with Crippen LogP contribution in [0.15, 0.2) is 42.5 Å². The Morgan fingerprint density at radius 2 is 1.84 bits per heavy atom. The van der Waals surface area contributed by atoms with E-state index in [1.807, 2.05) is 49.0 Å². The SMILES string of the molecule is NCCCC[C@H](NC(=O)COc1cccc2ccccc12)C(=O)N[CH]CC1CCCCC1. The van der Waals surface area contributed by atoms with Crippen LogP contribution in [-0.2, 0) is 9.59 Å². The summed E-state index contributed by atoms with van der Waals surface area (Å²) in [5.41, 5.74) is 5.60. The van der Waals surface area contributed by atoms with Gasteiger partial charge in [-0.2, -0.15) is 0 Å². The highest BCUT2D eigenvalue weighted by atomic mass is 16.5. The molecule has 1 saturated carbocycles. The van der Waals surface area contributed by atoms with E-state index in [9.17, 15) is 9.59 Å². The quantitative estimate of drug-likeness (QED) is 0.435. The van der Waals surface area contributed by atoms with Gasteiger partial charge in [0, 0.05) is 11.9 Å². The average molecular weight is 439 g/mol. The number of hydrogen-bond acceptors (Lipinski definition) is 4. The van der Waals surface area contributed by atoms with Crippen LogP contribution in [0, 0.1) is 12.5 Å². The number of hydrogen-bond donors (Lipinski definition) is 3. The lowest BCUT2D eigenvalue weighted by Crippen LogP contribution is -2.47. The molecule has 1 radical (unpaired) electrons. The lowest BCUT2D eigenvalue weighted by molar-refractivity contribution is -0.129. The molecule has 6 heteroatoms. The van der Waals surface area contributed by atoms with Crippen molar-refractivity contribution in [2.24, 2.45) is 11.7 Å². The molecule has 2 amide bonds. The Morgan fingerprint density at radius 3 is 2.66 bits per heavy atom. The lowest BCUT2D eigenvalue weighted by atomic mass is 9.87. The van der Waals surface area contributed by atoms with Crippen molar-refractivity contribution in [3.05, 3.63) is 49.0 Å². The third-order valence-electron chi connectivity index (χ3n) is 6.13. The standard InChI is InChI=1S/C26H36N3O3/c27-17-7-6-14-23(26(31)28-18-16-20-9-2-1-3-10-20)29-25(30)19-32-24-15-8-12-21-11-4-5-13-22(21)24/h4-5,8,11-13,15,18,20,23H,1-3,6-7,9-10,14,16-17,19,27H2,(H,28,31)(H,29,30)/t23-/m0/s1. The second kappa shape index (κ2) is 13.1. The van der Waals surface area contributed by atoms with Gasteiger partial charge in [0.05, 0.1) is 0 Å². The maximum Gasteiger partial charge on any atom is 0.258 e. The Bertz CT molecular complexity index is 859. The van der Waals surface area contributed by atoms with Gasteiger partial charge < -0.3 is 21.1 Å². The first-order valence-electron chi connectivity index (χ1n) is 11.9. The second-order valence-corrected chi connectivity index (χ2v) is 8.62. The topological polar surface area (TPSA) is 93.4 Å². The van der Waals surface area contributed by atoms with Crippen LogP contribution in [0.3, 0.4) is 0 Å². The summed E-state index contributed by atoms with van der Waals surface area (Å²) in [6, 6.07) is 13.0. The number of ether oxygens (including phenoxy) is 1. The molecule has 3 rings (SSSR count). The number of rotatable bonds is 12. The number of fused-ring (bicyclic) bond motifs is 1. The summed E-state index contributed by atoms with van der Waals surface area (Å²) < 4.78 is 5.78. The highest BCUT2D eigenvalue weighted by Crippen LogP contribution is 2.27. The highest BCUT2D eigenvalue weighted by molar-refractivity contribution is 5.90. The maximum atomic E-state index is 12.7. The summed E-state index contributed by atoms with van der Waals surface area (Å²) in [4.78, 5) is 25.3. The Morgan fingerprint density at radius 1 is 1.06 bits per heavy atom. The summed E-state index contributed by atoms with van der Waals surface area (Å²) in [6.07, 6.45) is 9.38. The van der Waals surface area contributed by atoms with Crippen molar-refractivity contribution in [1.82, 2.24) is 10.6 Å². The molecular weight excluding hydrogens is 402 g/mol. The van der Waals surface area contributed by atoms with Gasteiger partial charge in [0.2, 0.25) is 5.91 Å². The summed E-state index contributed by atoms with van der Waals surface area (Å²) in [5, 5.41) is 7.76. The number of nitrogens with one attached hydrogen (secondary N) is 2. The molecule has 4 N–H and O–H groups in total. The van der Waals surface area contributed by atoms with Crippen LogP contribution < -0.4 is 21.1 Å². The van der Waals surface area contributed by atoms with Gasteiger partial charge in [0.1, 0.15) is 11.8 Å². The van der Waals surface area contributed by atoms with E-state index < -0.39 is 6.04 Å². The van der Waals surface area contributed by atoms with E-state index in [0.29, 0.717) is 24.6 Å². The van der Waals surface area contributed by atoms with Crippen molar-refractivity contribution in [1.29, 1.82) is 0 Å². The molecule has 1 fully saturated rings. The first kappa shape index (κ1) is 24.1. The number of amides is 2. The van der Waals surface area contributed by atoms with Crippen molar-refractivity contribution < 1.29 is 14.3 Å². The molecule has 32 heavy (non-hydrogen) atoms. The van der Waals surface area contributed by atoms with Gasteiger partial charge in [-0.1, -0.05) is 68.5 Å². The summed E-state index contributed by atoms with van der Waals surface area (Å²) >= 11 is 0. The zero-order valence-electron chi connectivity index (χ0n) is 18.9. The zero-order chi connectivity index (χ0) is 22.6. The molecule has 2 aromatic rings. The monoisotopic (exact) mass is 438 g/mol. The maximum absolute atomic E-state index is 12.7. The minimum atomic E-state index is -0.590. The van der Waals surface area contributed by atoms with E-state index in [1.165, 1.54) is 32.1 Å². The van der Waals surface area contributed by atoms with Crippen molar-refractivity contribution in [3.63, 3.8) is 0 Å². The van der Waals surface area contributed by atoms with Crippen molar-refractivity contribution in [2.45, 2.75) is 63.8 Å². The Kier molecular flexibility index (Phi) is 9.82. The van der Waals surface area contributed by atoms with Crippen LogP contribution >= 0.6 is 0 Å². The summed E-state index contributed by atoms with van der Waals surface area (Å²) in [6.45, 7) is 2.30. The molecule has 0 bridgehead atoms. The fourth-order valence-electron chi connectivity index (χ4n) is 4.31. The molecule has 1 aliphatic rings. The number of carbonyl (C=O) groups excluding carboxylic acids is 2. The normalized spacial score (nSPS) is 15.3. The first-order valence-corrected chi connectivity index (χ1v) is 11.9. The number of carbonyl (C=O) groups is 2. The van der Waals surface area contributed by atoms with Crippen molar-refractivity contribution >= 4 is 22.6 Å². The number of nitrogens with two attached hydrogens (primary N) is 1. The average Bonchev–Trinajstić information content (AvgIpc) is 2.83. The Balaban J connectivity index is 1.50. The van der Waals surface area contributed by atoms with Crippen LogP contribution in [0.25, 0.3) is 10.8 Å². The third-order valence-corrected chi connectivity index (χ3v) is 6.13. The van der Waals surface area contributed by atoms with Gasteiger partial charge >= 0.3 is 0 Å². The molecule has 0 heterocycles. The van der Waals surface area contributed by atoms with Crippen LogP contribution in [0.5, 0.6) is 5.75 Å². The second-order valence-electron chi connectivity index (χ2n) is 8.62. The van der Waals surface area contributed by atoms with E-state index in [0.717, 1.165) is 30.0 Å². The van der Waals surface area contributed by atoms with Crippen LogP contribution in [0.4, 0.5) is 0 Å². The summed E-state index contributed by atoms with van der Waals surface area (Å²) in [5.74, 6) is 0.834. The van der Waals surface area contributed by atoms with Crippen molar-refractivity contribution in [2.75, 3.05) is 13.2 Å². The molecule has 0 aliphatic heterocycles. The van der Waals surface area contributed by atoms with Gasteiger partial charge in [-0.05, 0) is 49.6 Å². The molecule has 1 atom stereocenters. The van der Waals surface area contributed by atoms with Crippen LogP contribution in [0.1, 0.15) is 57.8 Å². The van der Waals surface area contributed by atoms with E-state index in [4.69, 9.17) is 10.5 Å². The Labute approximate surface area is 191 Å². The van der Waals surface area contributed by atoms with Crippen LogP contribution in [-0.4, -0.2) is 31.0 Å². The summed E-state index contributed by atoms with van der Waals surface area (Å²) in [7, 11) is 0. The van der Waals surface area contributed by atoms with Gasteiger partial charge in [-0.3, -0.25) is 9.59 Å². The third kappa shape index (κ3) is 7.52. The van der Waals surface area contributed by atoms with Crippen molar-refractivity contribution in [3.8, 4) is 5.75 Å². The molecule has 0 spiro atoms. The van der Waals surface area contributed by atoms with E-state index in [1.54, 1.807) is 0 Å². The van der Waals surface area contributed by atoms with Gasteiger partial charge in [0.25, 0.3) is 5.91 Å². The first-order chi connectivity index (χ1) is 15.7. The molecule has 0 unspecified atom stereocenters. The lowest BCUT2D eigenvalue weighted by Gasteiger charge is -2.22. The Hall–Kier alpha value is -2.60. The smallest absolute Gasteiger partial charge is 0.258 e. The van der Waals surface area contributed by atoms with E-state index >= 15 is 0 Å².